The molecular weight excluding hydrogens is 330 g/mol. The molecule has 2 aromatic rings. The molecule has 0 aliphatic carbocycles. The Hall–Kier alpha value is -1.43. The number of amides is 1. The van der Waals surface area contributed by atoms with E-state index in [1.54, 1.807) is 0 Å². The van der Waals surface area contributed by atoms with Gasteiger partial charge in [0, 0.05) is 30.1 Å². The number of hydrogen-bond donors (Lipinski definition) is 1. The van der Waals surface area contributed by atoms with Crippen LogP contribution < -0.4 is 5.73 Å². The fraction of sp³-hybridized carbons (Fsp3) is 0.412. The van der Waals surface area contributed by atoms with Crippen LogP contribution in [-0.4, -0.2) is 34.9 Å². The maximum absolute atomic E-state index is 12.6. The highest BCUT2D eigenvalue weighted by Crippen LogP contribution is 2.30. The van der Waals surface area contributed by atoms with E-state index in [1.165, 1.54) is 11.3 Å². The van der Waals surface area contributed by atoms with Crippen LogP contribution in [0.3, 0.4) is 0 Å². The molecule has 6 heteroatoms. The second-order valence-corrected chi connectivity index (χ2v) is 7.04. The molecule has 1 unspecified atom stereocenters. The second-order valence-electron chi connectivity index (χ2n) is 5.77. The third kappa shape index (κ3) is 3.74. The van der Waals surface area contributed by atoms with Crippen LogP contribution in [0.2, 0.25) is 5.02 Å². The molecule has 2 heterocycles. The number of nitrogens with two attached hydrogens (primary N) is 1. The molecule has 0 radical (unpaired) electrons. The Balaban J connectivity index is 1.71. The summed E-state index contributed by atoms with van der Waals surface area (Å²) in [5, 5.41) is 3.48. The van der Waals surface area contributed by atoms with Crippen molar-refractivity contribution in [2.45, 2.75) is 31.7 Å². The van der Waals surface area contributed by atoms with Crippen LogP contribution >= 0.6 is 22.9 Å². The van der Waals surface area contributed by atoms with Crippen LogP contribution in [0, 0.1) is 0 Å². The van der Waals surface area contributed by atoms with Crippen molar-refractivity contribution in [2.24, 2.45) is 5.73 Å². The number of benzene rings is 1. The fourth-order valence-electron chi connectivity index (χ4n) is 2.98. The van der Waals surface area contributed by atoms with E-state index in [4.69, 9.17) is 17.3 Å². The number of piperidine rings is 1. The Labute approximate surface area is 145 Å². The zero-order valence-electron chi connectivity index (χ0n) is 12.9. The van der Waals surface area contributed by atoms with Crippen molar-refractivity contribution in [1.82, 2.24) is 9.88 Å². The predicted molar refractivity (Wildman–Crippen MR) is 94.7 cm³/mol. The van der Waals surface area contributed by atoms with Crippen LogP contribution in [-0.2, 0) is 11.2 Å². The lowest BCUT2D eigenvalue weighted by Crippen LogP contribution is -2.48. The second kappa shape index (κ2) is 7.43. The molecule has 2 N–H and O–H groups in total. The van der Waals surface area contributed by atoms with Gasteiger partial charge >= 0.3 is 0 Å². The summed E-state index contributed by atoms with van der Waals surface area (Å²) in [5.74, 6) is 0.121. The molecule has 1 saturated heterocycles. The molecule has 0 bridgehead atoms. The summed E-state index contributed by atoms with van der Waals surface area (Å²) in [7, 11) is 0. The quantitative estimate of drug-likeness (QED) is 0.920. The summed E-state index contributed by atoms with van der Waals surface area (Å²) in [4.78, 5) is 19.1. The zero-order chi connectivity index (χ0) is 16.2. The number of nitrogens with zero attached hydrogens (tertiary/aromatic N) is 2. The van der Waals surface area contributed by atoms with Crippen molar-refractivity contribution in [1.29, 1.82) is 0 Å². The van der Waals surface area contributed by atoms with Crippen LogP contribution in [0.4, 0.5) is 0 Å². The number of likely N-dealkylation sites (tertiary alicyclic amines) is 1. The van der Waals surface area contributed by atoms with Crippen LogP contribution in [0.15, 0.2) is 29.6 Å². The number of rotatable bonds is 4. The molecule has 3 rings (SSSR count). The lowest BCUT2D eigenvalue weighted by atomic mass is 10.0. The van der Waals surface area contributed by atoms with E-state index in [1.807, 2.05) is 34.5 Å². The molecule has 1 atom stereocenters. The van der Waals surface area contributed by atoms with E-state index in [9.17, 15) is 4.79 Å². The fourth-order valence-corrected chi connectivity index (χ4v) is 4.12. The molecule has 1 aliphatic heterocycles. The number of aromatic nitrogens is 1. The van der Waals surface area contributed by atoms with Crippen molar-refractivity contribution >= 4 is 28.8 Å². The zero-order valence-corrected chi connectivity index (χ0v) is 14.4. The van der Waals surface area contributed by atoms with Crippen molar-refractivity contribution in [3.05, 3.63) is 40.4 Å². The molecular formula is C17H20ClN3OS. The monoisotopic (exact) mass is 349 g/mol. The SMILES string of the molecule is NCC1CCCCN1C(=O)Cc1csc(-c2ccccc2Cl)n1. The molecule has 1 amide bonds. The van der Waals surface area contributed by atoms with Gasteiger partial charge in [0.15, 0.2) is 0 Å². The first kappa shape index (κ1) is 16.4. The molecule has 1 aliphatic rings. The van der Waals surface area contributed by atoms with Gasteiger partial charge in [-0.1, -0.05) is 29.8 Å². The number of carbonyl (C=O) groups is 1. The van der Waals surface area contributed by atoms with Crippen molar-refractivity contribution in [3.8, 4) is 10.6 Å². The van der Waals surface area contributed by atoms with Gasteiger partial charge in [0.05, 0.1) is 17.1 Å². The summed E-state index contributed by atoms with van der Waals surface area (Å²) in [6.07, 6.45) is 3.55. The first-order valence-corrected chi connectivity index (χ1v) is 9.13. The average molecular weight is 350 g/mol. The molecule has 23 heavy (non-hydrogen) atoms. The minimum atomic E-state index is 0.121. The van der Waals surface area contributed by atoms with Gasteiger partial charge in [-0.05, 0) is 25.3 Å². The van der Waals surface area contributed by atoms with Gasteiger partial charge in [0.1, 0.15) is 5.01 Å². The Morgan fingerprint density at radius 1 is 1.39 bits per heavy atom. The maximum Gasteiger partial charge on any atom is 0.228 e. The lowest BCUT2D eigenvalue weighted by molar-refractivity contribution is -0.133. The Kier molecular flexibility index (Phi) is 5.30. The predicted octanol–water partition coefficient (Wildman–Crippen LogP) is 3.35. The van der Waals surface area contributed by atoms with E-state index >= 15 is 0 Å². The largest absolute Gasteiger partial charge is 0.338 e. The van der Waals surface area contributed by atoms with E-state index < -0.39 is 0 Å². The molecule has 0 spiro atoms. The standard InChI is InChI=1S/C17H20ClN3OS/c18-15-7-2-1-6-14(15)17-20-12(11-23-17)9-16(22)21-8-4-3-5-13(21)10-19/h1-2,6-7,11,13H,3-5,8-10,19H2. The Morgan fingerprint density at radius 3 is 3.00 bits per heavy atom. The van der Waals surface area contributed by atoms with Crippen molar-refractivity contribution in [2.75, 3.05) is 13.1 Å². The minimum absolute atomic E-state index is 0.121. The number of hydrogen-bond acceptors (Lipinski definition) is 4. The van der Waals surface area contributed by atoms with Gasteiger partial charge in [-0.15, -0.1) is 11.3 Å². The third-order valence-electron chi connectivity index (χ3n) is 4.21. The normalized spacial score (nSPS) is 18.2. The number of carbonyl (C=O) groups excluding carboxylic acids is 1. The molecule has 1 aromatic carbocycles. The van der Waals surface area contributed by atoms with E-state index in [-0.39, 0.29) is 11.9 Å². The van der Waals surface area contributed by atoms with E-state index in [0.717, 1.165) is 42.1 Å². The maximum atomic E-state index is 12.6. The van der Waals surface area contributed by atoms with E-state index in [0.29, 0.717) is 18.0 Å². The van der Waals surface area contributed by atoms with Crippen molar-refractivity contribution < 1.29 is 4.79 Å². The first-order chi connectivity index (χ1) is 11.2. The highest BCUT2D eigenvalue weighted by molar-refractivity contribution is 7.13. The minimum Gasteiger partial charge on any atom is -0.338 e. The van der Waals surface area contributed by atoms with Gasteiger partial charge in [-0.2, -0.15) is 0 Å². The van der Waals surface area contributed by atoms with Gasteiger partial charge in [-0.3, -0.25) is 4.79 Å². The summed E-state index contributed by atoms with van der Waals surface area (Å²) < 4.78 is 0. The summed E-state index contributed by atoms with van der Waals surface area (Å²) in [6.45, 7) is 1.34. The van der Waals surface area contributed by atoms with Crippen molar-refractivity contribution in [3.63, 3.8) is 0 Å². The molecule has 122 valence electrons. The molecule has 1 fully saturated rings. The highest BCUT2D eigenvalue weighted by Gasteiger charge is 2.26. The lowest BCUT2D eigenvalue weighted by Gasteiger charge is -2.35. The first-order valence-electron chi connectivity index (χ1n) is 7.88. The average Bonchev–Trinajstić information content (AvgIpc) is 3.03. The molecule has 1 aromatic heterocycles. The Morgan fingerprint density at radius 2 is 2.22 bits per heavy atom. The van der Waals surface area contributed by atoms with Crippen LogP contribution in [0.25, 0.3) is 10.6 Å². The highest BCUT2D eigenvalue weighted by atomic mass is 35.5. The van der Waals surface area contributed by atoms with Gasteiger partial charge < -0.3 is 10.6 Å². The summed E-state index contributed by atoms with van der Waals surface area (Å²) >= 11 is 7.73. The topological polar surface area (TPSA) is 59.2 Å². The summed E-state index contributed by atoms with van der Waals surface area (Å²) in [6, 6.07) is 7.81. The Bertz CT molecular complexity index is 688. The summed E-state index contributed by atoms with van der Waals surface area (Å²) in [5.41, 5.74) is 7.51. The third-order valence-corrected chi connectivity index (χ3v) is 5.46. The van der Waals surface area contributed by atoms with Crippen LogP contribution in [0.1, 0.15) is 25.0 Å². The smallest absolute Gasteiger partial charge is 0.228 e. The van der Waals surface area contributed by atoms with Gasteiger partial charge in [0.25, 0.3) is 0 Å². The molecule has 0 saturated carbocycles. The molecule has 4 nitrogen and oxygen atoms in total. The van der Waals surface area contributed by atoms with Gasteiger partial charge in [-0.25, -0.2) is 4.98 Å². The number of halogens is 1. The number of thiazole rings is 1. The van der Waals surface area contributed by atoms with Gasteiger partial charge in [0.2, 0.25) is 5.91 Å². The van der Waals surface area contributed by atoms with E-state index in [2.05, 4.69) is 4.98 Å². The van der Waals surface area contributed by atoms with Crippen LogP contribution in [0.5, 0.6) is 0 Å².